The van der Waals surface area contributed by atoms with Gasteiger partial charge in [-0.2, -0.15) is 0 Å². The third-order valence-corrected chi connectivity index (χ3v) is 12.8. The number of hydrogen-bond acceptors (Lipinski definition) is 8. The number of rotatable bonds is 0. The van der Waals surface area contributed by atoms with Crippen molar-refractivity contribution < 1.29 is 34.1 Å². The number of carbonyl (C=O) groups excluding carboxylic acids is 3. The van der Waals surface area contributed by atoms with E-state index in [0.29, 0.717) is 18.9 Å². The van der Waals surface area contributed by atoms with E-state index in [9.17, 15) is 24.6 Å². The van der Waals surface area contributed by atoms with Gasteiger partial charge in [-0.05, 0) is 61.7 Å². The number of ketones is 2. The van der Waals surface area contributed by atoms with Crippen LogP contribution < -0.4 is 0 Å². The normalized spacial score (nSPS) is 60.7. The van der Waals surface area contributed by atoms with Gasteiger partial charge in [0.25, 0.3) is 0 Å². The van der Waals surface area contributed by atoms with Crippen molar-refractivity contribution in [1.29, 1.82) is 0 Å². The van der Waals surface area contributed by atoms with E-state index >= 15 is 0 Å². The molecule has 4 bridgehead atoms. The number of hydrogen-bond donors (Lipinski definition) is 2. The van der Waals surface area contributed by atoms with E-state index in [1.165, 1.54) is 6.92 Å². The van der Waals surface area contributed by atoms with Gasteiger partial charge in [0, 0.05) is 36.6 Å². The van der Waals surface area contributed by atoms with Crippen LogP contribution in [0.15, 0.2) is 0 Å². The SMILES string of the molecule is C[C@H]1C[C@@H]2CN3[C@](CC[C@@]4(C)[C@@]5(C)CC(=O)O[C@@]34C[C@@]3(C)[C@@H]4C[C@@](C)(O)[C@@H](O)C(=O)[C@H]4CC(=O)[C@@H]35)(C1)O2. The van der Waals surface area contributed by atoms with Gasteiger partial charge in [0.05, 0.1) is 18.1 Å². The zero-order valence-corrected chi connectivity index (χ0v) is 22.7. The molecule has 1 spiro atoms. The summed E-state index contributed by atoms with van der Waals surface area (Å²) in [5.41, 5.74) is -4.80. The highest BCUT2D eigenvalue weighted by Crippen LogP contribution is 2.77. The summed E-state index contributed by atoms with van der Waals surface area (Å²) in [5.74, 6) is -1.51. The fraction of sp³-hybridized carbons (Fsp3) is 0.897. The van der Waals surface area contributed by atoms with Crippen molar-refractivity contribution in [2.75, 3.05) is 6.54 Å². The molecule has 8 heteroatoms. The molecule has 0 unspecified atom stereocenters. The average Bonchev–Trinajstić information content (AvgIpc) is 3.06. The number of nitrogens with zero attached hydrogens (tertiary/aromatic N) is 1. The molecule has 37 heavy (non-hydrogen) atoms. The highest BCUT2D eigenvalue weighted by atomic mass is 16.6. The van der Waals surface area contributed by atoms with Crippen LogP contribution in [0.3, 0.4) is 0 Å². The summed E-state index contributed by atoms with van der Waals surface area (Å²) in [5, 5.41) is 21.8. The first-order valence-electron chi connectivity index (χ1n) is 14.3. The molecule has 4 heterocycles. The average molecular weight is 516 g/mol. The van der Waals surface area contributed by atoms with Crippen LogP contribution in [0.5, 0.6) is 0 Å². The summed E-state index contributed by atoms with van der Waals surface area (Å²) >= 11 is 0. The molecule has 2 N–H and O–H groups in total. The number of esters is 1. The molecule has 0 aromatic carbocycles. The van der Waals surface area contributed by atoms with Crippen LogP contribution >= 0.6 is 0 Å². The van der Waals surface area contributed by atoms with Crippen molar-refractivity contribution in [3.05, 3.63) is 0 Å². The summed E-state index contributed by atoms with van der Waals surface area (Å²) in [7, 11) is 0. The first kappa shape index (κ1) is 24.7. The lowest BCUT2D eigenvalue weighted by Crippen LogP contribution is -2.83. The molecule has 0 amide bonds. The Morgan fingerprint density at radius 1 is 1.05 bits per heavy atom. The lowest BCUT2D eigenvalue weighted by atomic mass is 9.33. The van der Waals surface area contributed by atoms with Crippen LogP contribution in [-0.4, -0.2) is 68.5 Å². The maximum atomic E-state index is 14.1. The minimum Gasteiger partial charge on any atom is -0.443 e. The van der Waals surface area contributed by atoms with Crippen molar-refractivity contribution in [3.63, 3.8) is 0 Å². The molecule has 7 aliphatic rings. The molecule has 0 radical (unpaired) electrons. The minimum atomic E-state index is -1.56. The predicted molar refractivity (Wildman–Crippen MR) is 131 cm³/mol. The molecule has 3 saturated carbocycles. The van der Waals surface area contributed by atoms with Crippen molar-refractivity contribution in [2.45, 2.75) is 115 Å². The Bertz CT molecular complexity index is 1120. The quantitative estimate of drug-likeness (QED) is 0.474. The lowest BCUT2D eigenvalue weighted by Gasteiger charge is -2.76. The van der Waals surface area contributed by atoms with Gasteiger partial charge < -0.3 is 19.7 Å². The summed E-state index contributed by atoms with van der Waals surface area (Å²) < 4.78 is 13.3. The Morgan fingerprint density at radius 3 is 2.51 bits per heavy atom. The number of fused-ring (bicyclic) bond motifs is 5. The number of carbonyl (C=O) groups is 3. The molecule has 4 saturated heterocycles. The molecule has 7 fully saturated rings. The fourth-order valence-electron chi connectivity index (χ4n) is 11.3. The largest absolute Gasteiger partial charge is 0.443 e. The molecule has 4 aliphatic heterocycles. The van der Waals surface area contributed by atoms with Gasteiger partial charge in [0.2, 0.25) is 0 Å². The molecule has 204 valence electrons. The number of ether oxygens (including phenoxy) is 2. The first-order valence-corrected chi connectivity index (χ1v) is 14.3. The number of aliphatic hydroxyl groups excluding tert-OH is 1. The van der Waals surface area contributed by atoms with Crippen LogP contribution in [0.1, 0.15) is 86.0 Å². The standard InChI is InChI=1S/C29H41NO7/c1-15-8-16-13-30-28(10-15,36-16)7-6-27(5)25(3)12-20(32)37-29(27,30)14-24(2)18-11-26(4,35)23(34)21(33)17(18)9-19(31)22(24)25/h15-18,22-23,34-35H,6-14H2,1-5H3/t15-,16+,17-,18+,22-,23-,24-,25-,26+,27-,28-,29+/m0/s1. The molecule has 7 rings (SSSR count). The molecule has 12 atom stereocenters. The summed E-state index contributed by atoms with van der Waals surface area (Å²) in [6.45, 7) is 10.9. The van der Waals surface area contributed by atoms with Gasteiger partial charge in [0.15, 0.2) is 11.5 Å². The number of aliphatic hydroxyl groups is 2. The van der Waals surface area contributed by atoms with E-state index < -0.39 is 57.0 Å². The van der Waals surface area contributed by atoms with E-state index in [1.54, 1.807) is 0 Å². The van der Waals surface area contributed by atoms with Gasteiger partial charge in [-0.15, -0.1) is 0 Å². The topological polar surface area (TPSA) is 113 Å². The van der Waals surface area contributed by atoms with Crippen LogP contribution in [-0.2, 0) is 23.9 Å². The Morgan fingerprint density at radius 2 is 1.78 bits per heavy atom. The molecule has 0 aromatic heterocycles. The maximum absolute atomic E-state index is 14.1. The third-order valence-electron chi connectivity index (χ3n) is 12.8. The van der Waals surface area contributed by atoms with Gasteiger partial charge in [-0.25, -0.2) is 4.90 Å². The maximum Gasteiger partial charge on any atom is 0.308 e. The number of piperidine rings is 1. The van der Waals surface area contributed by atoms with Gasteiger partial charge in [0.1, 0.15) is 17.6 Å². The van der Waals surface area contributed by atoms with Gasteiger partial charge >= 0.3 is 5.97 Å². The van der Waals surface area contributed by atoms with E-state index in [-0.39, 0.29) is 43.0 Å². The summed E-state index contributed by atoms with van der Waals surface area (Å²) in [4.78, 5) is 43.3. The van der Waals surface area contributed by atoms with Crippen molar-refractivity contribution in [2.24, 2.45) is 39.9 Å². The van der Waals surface area contributed by atoms with E-state index in [1.807, 2.05) is 0 Å². The smallest absolute Gasteiger partial charge is 0.308 e. The zero-order chi connectivity index (χ0) is 26.6. The minimum absolute atomic E-state index is 0.0168. The highest BCUT2D eigenvalue weighted by molar-refractivity contribution is 5.95. The van der Waals surface area contributed by atoms with Crippen LogP contribution in [0.25, 0.3) is 0 Å². The molecule has 8 nitrogen and oxygen atoms in total. The predicted octanol–water partition coefficient (Wildman–Crippen LogP) is 2.58. The third kappa shape index (κ3) is 2.62. The Balaban J connectivity index is 1.43. The number of Topliss-reactive ketones (excluding diaryl/α,β-unsaturated/α-hetero) is 2. The van der Waals surface area contributed by atoms with Crippen LogP contribution in [0, 0.1) is 39.9 Å². The first-order chi connectivity index (χ1) is 17.1. The second kappa shape index (κ2) is 6.86. The van der Waals surface area contributed by atoms with E-state index in [2.05, 4.69) is 32.6 Å². The van der Waals surface area contributed by atoms with Crippen LogP contribution in [0.2, 0.25) is 0 Å². The lowest BCUT2D eigenvalue weighted by molar-refractivity contribution is -0.380. The van der Waals surface area contributed by atoms with Crippen LogP contribution in [0.4, 0.5) is 0 Å². The second-order valence-electron chi connectivity index (χ2n) is 14.9. The fourth-order valence-corrected chi connectivity index (χ4v) is 11.3. The highest BCUT2D eigenvalue weighted by Gasteiger charge is 2.82. The molecular formula is C29H41NO7. The molecule has 0 aromatic rings. The van der Waals surface area contributed by atoms with Gasteiger partial charge in [-0.1, -0.05) is 27.7 Å². The molecular weight excluding hydrogens is 474 g/mol. The van der Waals surface area contributed by atoms with E-state index in [4.69, 9.17) is 9.47 Å². The van der Waals surface area contributed by atoms with E-state index in [0.717, 1.165) is 25.7 Å². The second-order valence-corrected chi connectivity index (χ2v) is 14.9. The Labute approximate surface area is 218 Å². The summed E-state index contributed by atoms with van der Waals surface area (Å²) in [6, 6.07) is 0. The van der Waals surface area contributed by atoms with Crippen molar-refractivity contribution in [1.82, 2.24) is 4.90 Å². The monoisotopic (exact) mass is 515 g/mol. The van der Waals surface area contributed by atoms with Gasteiger partial charge in [-0.3, -0.25) is 14.4 Å². The molecule has 3 aliphatic carbocycles. The van der Waals surface area contributed by atoms with Crippen molar-refractivity contribution in [3.8, 4) is 0 Å². The Kier molecular flexibility index (Phi) is 4.57. The summed E-state index contributed by atoms with van der Waals surface area (Å²) in [6.07, 6.45) is 3.03. The van der Waals surface area contributed by atoms with Crippen molar-refractivity contribution >= 4 is 17.5 Å². The zero-order valence-electron chi connectivity index (χ0n) is 22.7. The Hall–Kier alpha value is -1.35.